The zero-order valence-electron chi connectivity index (χ0n) is 19.5. The molecule has 1 amide bonds. The molecule has 5 rings (SSSR count). The molecule has 2 aliphatic heterocycles. The van der Waals surface area contributed by atoms with Crippen molar-refractivity contribution in [1.29, 1.82) is 0 Å². The Morgan fingerprint density at radius 2 is 1.74 bits per heavy atom. The SMILES string of the molecule is O=C(NC(CN1CCCC1)C(O)c1ccc(OC2CC2)cc1)C1CCN(c2ccc(F)cc2)C1. The maximum atomic E-state index is 13.3. The molecule has 2 aromatic rings. The molecule has 0 spiro atoms. The highest BCUT2D eigenvalue weighted by atomic mass is 19.1. The number of hydrogen-bond donors (Lipinski definition) is 2. The maximum Gasteiger partial charge on any atom is 0.225 e. The molecule has 1 aliphatic carbocycles. The van der Waals surface area contributed by atoms with Gasteiger partial charge in [-0.3, -0.25) is 4.79 Å². The Kier molecular flexibility index (Phi) is 7.02. The standard InChI is InChI=1S/C27H34FN3O3/c28-21-5-7-22(8-6-21)31-16-13-20(17-31)27(33)29-25(18-30-14-1-2-15-30)26(32)19-3-9-23(10-4-19)34-24-11-12-24/h3-10,20,24-26,32H,1-2,11-18H2,(H,29,33). The van der Waals surface area contributed by atoms with Crippen LogP contribution in [0.25, 0.3) is 0 Å². The van der Waals surface area contributed by atoms with Gasteiger partial charge in [0.05, 0.1) is 18.1 Å². The van der Waals surface area contributed by atoms with Gasteiger partial charge in [0, 0.05) is 25.3 Å². The van der Waals surface area contributed by atoms with E-state index in [-0.39, 0.29) is 23.7 Å². The molecule has 3 aliphatic rings. The molecule has 3 fully saturated rings. The molecule has 6 nitrogen and oxygen atoms in total. The summed E-state index contributed by atoms with van der Waals surface area (Å²) in [6, 6.07) is 13.6. The predicted octanol–water partition coefficient (Wildman–Crippen LogP) is 3.51. The van der Waals surface area contributed by atoms with Gasteiger partial charge in [-0.15, -0.1) is 0 Å². The Morgan fingerprint density at radius 1 is 1.03 bits per heavy atom. The molecule has 34 heavy (non-hydrogen) atoms. The van der Waals surface area contributed by atoms with Crippen LogP contribution in [0.1, 0.15) is 43.8 Å². The van der Waals surface area contributed by atoms with Crippen molar-refractivity contribution in [3.63, 3.8) is 0 Å². The van der Waals surface area contributed by atoms with Crippen molar-refractivity contribution in [1.82, 2.24) is 10.2 Å². The number of aliphatic hydroxyl groups is 1. The maximum absolute atomic E-state index is 13.3. The Hall–Kier alpha value is -2.64. The van der Waals surface area contributed by atoms with Gasteiger partial charge in [-0.1, -0.05) is 12.1 Å². The molecule has 2 N–H and O–H groups in total. The minimum Gasteiger partial charge on any atom is -0.490 e. The third kappa shape index (κ3) is 5.70. The molecule has 0 bridgehead atoms. The second-order valence-electron chi connectivity index (χ2n) is 9.86. The highest BCUT2D eigenvalue weighted by Gasteiger charge is 2.33. The molecular weight excluding hydrogens is 433 g/mol. The van der Waals surface area contributed by atoms with E-state index in [1.54, 1.807) is 12.1 Å². The average molecular weight is 468 g/mol. The lowest BCUT2D eigenvalue weighted by Gasteiger charge is -2.30. The number of likely N-dealkylation sites (tertiary alicyclic amines) is 1. The summed E-state index contributed by atoms with van der Waals surface area (Å²) in [5.74, 6) is 0.378. The van der Waals surface area contributed by atoms with Crippen molar-refractivity contribution in [3.8, 4) is 5.75 Å². The number of aliphatic hydroxyl groups excluding tert-OH is 1. The van der Waals surface area contributed by atoms with E-state index in [0.717, 1.165) is 68.7 Å². The molecular formula is C27H34FN3O3. The summed E-state index contributed by atoms with van der Waals surface area (Å²) in [6.45, 7) is 3.97. The van der Waals surface area contributed by atoms with E-state index in [2.05, 4.69) is 15.1 Å². The van der Waals surface area contributed by atoms with Crippen molar-refractivity contribution < 1.29 is 19.0 Å². The van der Waals surface area contributed by atoms with Crippen molar-refractivity contribution >= 4 is 11.6 Å². The number of amides is 1. The van der Waals surface area contributed by atoms with Crippen LogP contribution in [0, 0.1) is 11.7 Å². The Morgan fingerprint density at radius 3 is 2.41 bits per heavy atom. The summed E-state index contributed by atoms with van der Waals surface area (Å²) in [5, 5.41) is 14.4. The number of rotatable bonds is 9. The molecule has 7 heteroatoms. The Balaban J connectivity index is 1.23. The second kappa shape index (κ2) is 10.3. The number of benzene rings is 2. The monoisotopic (exact) mass is 467 g/mol. The van der Waals surface area contributed by atoms with Crippen LogP contribution in [-0.4, -0.2) is 60.8 Å². The molecule has 0 aromatic heterocycles. The fraction of sp³-hybridized carbons (Fsp3) is 0.519. The van der Waals surface area contributed by atoms with Gasteiger partial charge in [-0.05, 0) is 87.2 Å². The molecule has 3 unspecified atom stereocenters. The molecule has 182 valence electrons. The molecule has 2 heterocycles. The van der Waals surface area contributed by atoms with Crippen LogP contribution in [0.5, 0.6) is 5.75 Å². The number of carbonyl (C=O) groups is 1. The molecule has 0 radical (unpaired) electrons. The van der Waals surface area contributed by atoms with Gasteiger partial charge in [0.15, 0.2) is 0 Å². The predicted molar refractivity (Wildman–Crippen MR) is 129 cm³/mol. The lowest BCUT2D eigenvalue weighted by Crippen LogP contribution is -2.48. The normalized spacial score (nSPS) is 22.5. The van der Waals surface area contributed by atoms with E-state index in [1.807, 2.05) is 24.3 Å². The van der Waals surface area contributed by atoms with Crippen LogP contribution in [-0.2, 0) is 4.79 Å². The Bertz CT molecular complexity index is 958. The minimum absolute atomic E-state index is 0.0263. The van der Waals surface area contributed by atoms with Crippen LogP contribution in [0.15, 0.2) is 48.5 Å². The first-order chi connectivity index (χ1) is 16.5. The van der Waals surface area contributed by atoms with Crippen LogP contribution >= 0.6 is 0 Å². The van der Waals surface area contributed by atoms with Crippen molar-refractivity contribution in [2.75, 3.05) is 37.6 Å². The lowest BCUT2D eigenvalue weighted by molar-refractivity contribution is -0.126. The highest BCUT2D eigenvalue weighted by molar-refractivity contribution is 5.80. The summed E-state index contributed by atoms with van der Waals surface area (Å²) >= 11 is 0. The van der Waals surface area contributed by atoms with Gasteiger partial charge in [-0.2, -0.15) is 0 Å². The second-order valence-corrected chi connectivity index (χ2v) is 9.86. The van der Waals surface area contributed by atoms with Gasteiger partial charge in [0.2, 0.25) is 5.91 Å². The first-order valence-corrected chi connectivity index (χ1v) is 12.5. The van der Waals surface area contributed by atoms with Crippen molar-refractivity contribution in [2.45, 2.75) is 50.4 Å². The van der Waals surface area contributed by atoms with Crippen molar-refractivity contribution in [3.05, 3.63) is 59.9 Å². The fourth-order valence-electron chi connectivity index (χ4n) is 4.98. The summed E-state index contributed by atoms with van der Waals surface area (Å²) in [6.07, 6.45) is 4.79. The zero-order valence-corrected chi connectivity index (χ0v) is 19.5. The summed E-state index contributed by atoms with van der Waals surface area (Å²) in [4.78, 5) is 17.7. The van der Waals surface area contributed by atoms with Gasteiger partial charge in [0.1, 0.15) is 17.7 Å². The first kappa shape index (κ1) is 23.1. The van der Waals surface area contributed by atoms with E-state index in [0.29, 0.717) is 19.2 Å². The molecule has 2 aromatic carbocycles. The van der Waals surface area contributed by atoms with Gasteiger partial charge in [0.25, 0.3) is 0 Å². The van der Waals surface area contributed by atoms with Crippen LogP contribution in [0.2, 0.25) is 0 Å². The number of nitrogens with zero attached hydrogens (tertiary/aromatic N) is 2. The third-order valence-corrected chi connectivity index (χ3v) is 7.16. The third-order valence-electron chi connectivity index (χ3n) is 7.16. The summed E-state index contributed by atoms with van der Waals surface area (Å²) in [7, 11) is 0. The lowest BCUT2D eigenvalue weighted by atomic mass is 10.00. The number of anilines is 1. The van der Waals surface area contributed by atoms with Crippen LogP contribution in [0.3, 0.4) is 0 Å². The van der Waals surface area contributed by atoms with E-state index < -0.39 is 6.10 Å². The number of halogens is 1. The smallest absolute Gasteiger partial charge is 0.225 e. The van der Waals surface area contributed by atoms with Gasteiger partial charge >= 0.3 is 0 Å². The molecule has 2 saturated heterocycles. The fourth-order valence-corrected chi connectivity index (χ4v) is 4.98. The minimum atomic E-state index is -0.797. The first-order valence-electron chi connectivity index (χ1n) is 12.5. The quantitative estimate of drug-likeness (QED) is 0.591. The van der Waals surface area contributed by atoms with Crippen LogP contribution in [0.4, 0.5) is 10.1 Å². The van der Waals surface area contributed by atoms with E-state index >= 15 is 0 Å². The van der Waals surface area contributed by atoms with Crippen molar-refractivity contribution in [2.24, 2.45) is 5.92 Å². The van der Waals surface area contributed by atoms with E-state index in [1.165, 1.54) is 12.1 Å². The largest absolute Gasteiger partial charge is 0.490 e. The topological polar surface area (TPSA) is 65.0 Å². The Labute approximate surface area is 200 Å². The number of carbonyl (C=O) groups excluding carboxylic acids is 1. The van der Waals surface area contributed by atoms with E-state index in [4.69, 9.17) is 4.74 Å². The van der Waals surface area contributed by atoms with Gasteiger partial charge < -0.3 is 25.0 Å². The molecule has 1 saturated carbocycles. The highest BCUT2D eigenvalue weighted by Crippen LogP contribution is 2.29. The summed E-state index contributed by atoms with van der Waals surface area (Å²) < 4.78 is 19.1. The number of hydrogen-bond acceptors (Lipinski definition) is 5. The van der Waals surface area contributed by atoms with E-state index in [9.17, 15) is 14.3 Å². The summed E-state index contributed by atoms with van der Waals surface area (Å²) in [5.41, 5.74) is 1.71. The zero-order chi connectivity index (χ0) is 23.5. The van der Waals surface area contributed by atoms with Gasteiger partial charge in [-0.25, -0.2) is 4.39 Å². The number of ether oxygens (including phenoxy) is 1. The molecule has 3 atom stereocenters. The average Bonchev–Trinajstić information content (AvgIpc) is 3.29. The van der Waals surface area contributed by atoms with Crippen LogP contribution < -0.4 is 15.0 Å². The number of nitrogens with one attached hydrogen (secondary N) is 1.